The first-order valence-corrected chi connectivity index (χ1v) is 10.2. The van der Waals surface area contributed by atoms with E-state index in [1.54, 1.807) is 43.5 Å². The van der Waals surface area contributed by atoms with Crippen molar-refractivity contribution in [1.82, 2.24) is 4.90 Å². The average Bonchev–Trinajstić information content (AvgIpc) is 2.81. The van der Waals surface area contributed by atoms with E-state index >= 15 is 0 Å². The lowest BCUT2D eigenvalue weighted by Gasteiger charge is -2.26. The van der Waals surface area contributed by atoms with E-state index in [1.807, 2.05) is 0 Å². The molecule has 0 aromatic heterocycles. The number of ketones is 2. The quantitative estimate of drug-likeness (QED) is 0.678. The number of carbonyl (C=O) groups is 2. The van der Waals surface area contributed by atoms with Crippen LogP contribution >= 0.6 is 0 Å². The highest BCUT2D eigenvalue weighted by Crippen LogP contribution is 2.36. The molecule has 4 rings (SSSR count). The van der Waals surface area contributed by atoms with Gasteiger partial charge in [0.05, 0.1) is 33.0 Å². The van der Waals surface area contributed by atoms with Crippen molar-refractivity contribution in [3.8, 4) is 17.2 Å². The largest absolute Gasteiger partial charge is 0.493 e. The Morgan fingerprint density at radius 3 is 2.48 bits per heavy atom. The fourth-order valence-electron chi connectivity index (χ4n) is 3.84. The molecule has 0 N–H and O–H groups in total. The number of hydrogen-bond acceptors (Lipinski definition) is 7. The summed E-state index contributed by atoms with van der Waals surface area (Å²) in [6, 6.07) is 10.3. The number of allylic oxidation sites excluding steroid dienone is 2. The van der Waals surface area contributed by atoms with E-state index in [0.29, 0.717) is 46.1 Å². The van der Waals surface area contributed by atoms with Crippen molar-refractivity contribution in [3.05, 3.63) is 59.2 Å². The Hall–Kier alpha value is -3.16. The van der Waals surface area contributed by atoms with Gasteiger partial charge in [-0.05, 0) is 29.8 Å². The zero-order chi connectivity index (χ0) is 21.8. The third-order valence-corrected chi connectivity index (χ3v) is 5.50. The van der Waals surface area contributed by atoms with Gasteiger partial charge in [-0.15, -0.1) is 0 Å². The topological polar surface area (TPSA) is 74.3 Å². The summed E-state index contributed by atoms with van der Waals surface area (Å²) in [4.78, 5) is 28.5. The summed E-state index contributed by atoms with van der Waals surface area (Å²) in [6.45, 7) is 4.34. The Balaban J connectivity index is 1.56. The Morgan fingerprint density at radius 1 is 0.968 bits per heavy atom. The third-order valence-electron chi connectivity index (χ3n) is 5.50. The number of Topliss-reactive ketones (excluding diaryl/α,β-unsaturated/α-hetero) is 1. The molecular weight excluding hydrogens is 398 g/mol. The minimum atomic E-state index is -0.249. The summed E-state index contributed by atoms with van der Waals surface area (Å²) >= 11 is 0. The normalized spacial score (nSPS) is 16.5. The molecule has 1 heterocycles. The molecule has 1 aliphatic carbocycles. The van der Waals surface area contributed by atoms with Crippen molar-refractivity contribution in [1.29, 1.82) is 0 Å². The van der Waals surface area contributed by atoms with Crippen LogP contribution in [0.15, 0.2) is 42.5 Å². The van der Waals surface area contributed by atoms with Crippen molar-refractivity contribution in [3.63, 3.8) is 0 Å². The van der Waals surface area contributed by atoms with Crippen LogP contribution in [0.25, 0.3) is 5.57 Å². The summed E-state index contributed by atoms with van der Waals surface area (Å²) in [6.07, 6.45) is 1.38. The monoisotopic (exact) mass is 423 g/mol. The molecule has 7 nitrogen and oxygen atoms in total. The van der Waals surface area contributed by atoms with Crippen LogP contribution in [-0.2, 0) is 4.74 Å². The van der Waals surface area contributed by atoms with E-state index in [4.69, 9.17) is 18.9 Å². The van der Waals surface area contributed by atoms with E-state index in [2.05, 4.69) is 4.90 Å². The molecule has 31 heavy (non-hydrogen) atoms. The molecule has 0 radical (unpaired) electrons. The molecular formula is C24H25NO6. The van der Waals surface area contributed by atoms with Gasteiger partial charge in [0, 0.05) is 30.8 Å². The maximum absolute atomic E-state index is 13.2. The molecule has 1 aliphatic heterocycles. The Labute approximate surface area is 181 Å². The SMILES string of the molecule is COc1ccc(C2=CC(=O)c3c(OCCN4CCOCC4)cccc3C2=O)cc1OC. The number of carbonyl (C=O) groups excluding carboxylic acids is 2. The predicted octanol–water partition coefficient (Wildman–Crippen LogP) is 2.88. The number of methoxy groups -OCH3 is 2. The second kappa shape index (κ2) is 9.32. The fraction of sp³-hybridized carbons (Fsp3) is 0.333. The highest BCUT2D eigenvalue weighted by Gasteiger charge is 2.29. The molecule has 0 spiro atoms. The molecule has 2 aromatic carbocycles. The van der Waals surface area contributed by atoms with Gasteiger partial charge in [-0.2, -0.15) is 0 Å². The van der Waals surface area contributed by atoms with Crippen LogP contribution in [0.1, 0.15) is 26.3 Å². The van der Waals surface area contributed by atoms with Gasteiger partial charge in [-0.25, -0.2) is 0 Å². The summed E-state index contributed by atoms with van der Waals surface area (Å²) in [5.74, 6) is 1.01. The molecule has 0 amide bonds. The van der Waals surface area contributed by atoms with E-state index in [-0.39, 0.29) is 11.6 Å². The second-order valence-corrected chi connectivity index (χ2v) is 7.30. The minimum absolute atomic E-state index is 0.222. The minimum Gasteiger partial charge on any atom is -0.493 e. The number of hydrogen-bond donors (Lipinski definition) is 0. The van der Waals surface area contributed by atoms with Crippen LogP contribution in [0.2, 0.25) is 0 Å². The first kappa shape index (κ1) is 21.1. The standard InChI is InChI=1S/C24H25NO6/c1-28-20-7-6-16(14-22(20)29-2)18-15-19(26)23-17(24(18)27)4-3-5-21(23)31-13-10-25-8-11-30-12-9-25/h3-7,14-15H,8-13H2,1-2H3. The summed E-state index contributed by atoms with van der Waals surface area (Å²) in [7, 11) is 3.07. The number of fused-ring (bicyclic) bond motifs is 1. The highest BCUT2D eigenvalue weighted by atomic mass is 16.5. The zero-order valence-electron chi connectivity index (χ0n) is 17.7. The van der Waals surface area contributed by atoms with Crippen molar-refractivity contribution < 1.29 is 28.5 Å². The first-order valence-electron chi connectivity index (χ1n) is 10.2. The van der Waals surface area contributed by atoms with Gasteiger partial charge in [0.25, 0.3) is 0 Å². The fourth-order valence-corrected chi connectivity index (χ4v) is 3.84. The van der Waals surface area contributed by atoms with Gasteiger partial charge in [-0.3, -0.25) is 14.5 Å². The lowest BCUT2D eigenvalue weighted by molar-refractivity contribution is 0.0322. The summed E-state index contributed by atoms with van der Waals surface area (Å²) < 4.78 is 21.9. The van der Waals surface area contributed by atoms with Gasteiger partial charge in [0.2, 0.25) is 0 Å². The summed E-state index contributed by atoms with van der Waals surface area (Å²) in [5.41, 5.74) is 1.59. The molecule has 0 atom stereocenters. The highest BCUT2D eigenvalue weighted by molar-refractivity contribution is 6.39. The molecule has 162 valence electrons. The second-order valence-electron chi connectivity index (χ2n) is 7.30. The van der Waals surface area contributed by atoms with Gasteiger partial charge >= 0.3 is 0 Å². The van der Waals surface area contributed by atoms with E-state index in [1.165, 1.54) is 13.2 Å². The van der Waals surface area contributed by atoms with E-state index < -0.39 is 0 Å². The molecule has 2 aliphatic rings. The van der Waals surface area contributed by atoms with E-state index in [0.717, 1.165) is 32.8 Å². The van der Waals surface area contributed by atoms with Gasteiger partial charge in [0.15, 0.2) is 23.1 Å². The number of ether oxygens (including phenoxy) is 4. The van der Waals surface area contributed by atoms with Crippen LogP contribution in [0.3, 0.4) is 0 Å². The van der Waals surface area contributed by atoms with Gasteiger partial charge in [-0.1, -0.05) is 18.2 Å². The van der Waals surface area contributed by atoms with Gasteiger partial charge in [0.1, 0.15) is 12.4 Å². The lowest BCUT2D eigenvalue weighted by Crippen LogP contribution is -2.38. The molecule has 0 unspecified atom stereocenters. The summed E-state index contributed by atoms with van der Waals surface area (Å²) in [5, 5.41) is 0. The lowest BCUT2D eigenvalue weighted by atomic mass is 9.85. The molecule has 1 fully saturated rings. The first-order chi connectivity index (χ1) is 15.1. The van der Waals surface area contributed by atoms with Crippen LogP contribution in [0, 0.1) is 0 Å². The predicted molar refractivity (Wildman–Crippen MR) is 115 cm³/mol. The van der Waals surface area contributed by atoms with Crippen LogP contribution in [0.5, 0.6) is 17.2 Å². The maximum Gasteiger partial charge on any atom is 0.194 e. The van der Waals surface area contributed by atoms with Crippen molar-refractivity contribution >= 4 is 17.1 Å². The molecule has 0 saturated carbocycles. The average molecular weight is 423 g/mol. The van der Waals surface area contributed by atoms with Crippen molar-refractivity contribution in [2.45, 2.75) is 0 Å². The van der Waals surface area contributed by atoms with E-state index in [9.17, 15) is 9.59 Å². The smallest absolute Gasteiger partial charge is 0.194 e. The van der Waals surface area contributed by atoms with Crippen LogP contribution < -0.4 is 14.2 Å². The zero-order valence-corrected chi connectivity index (χ0v) is 17.7. The number of benzene rings is 2. The Kier molecular flexibility index (Phi) is 6.34. The molecule has 7 heteroatoms. The molecule has 1 saturated heterocycles. The Bertz CT molecular complexity index is 1020. The van der Waals surface area contributed by atoms with Crippen molar-refractivity contribution in [2.24, 2.45) is 0 Å². The third kappa shape index (κ3) is 4.33. The van der Waals surface area contributed by atoms with Crippen LogP contribution in [-0.4, -0.2) is 70.1 Å². The molecule has 2 aromatic rings. The van der Waals surface area contributed by atoms with Crippen molar-refractivity contribution in [2.75, 3.05) is 53.7 Å². The number of rotatable bonds is 7. The maximum atomic E-state index is 13.2. The Morgan fingerprint density at radius 2 is 1.74 bits per heavy atom. The number of nitrogens with zero attached hydrogens (tertiary/aromatic N) is 1. The molecule has 0 bridgehead atoms. The number of morpholine rings is 1. The van der Waals surface area contributed by atoms with Crippen LogP contribution in [0.4, 0.5) is 0 Å². The van der Waals surface area contributed by atoms with Gasteiger partial charge < -0.3 is 18.9 Å².